The molecule has 0 bridgehead atoms. The van der Waals surface area contributed by atoms with Crippen LogP contribution in [0.4, 0.5) is 4.39 Å². The molecule has 3 rings (SSSR count). The molecule has 0 aliphatic carbocycles. The fourth-order valence-electron chi connectivity index (χ4n) is 2.99. The van der Waals surface area contributed by atoms with E-state index in [-0.39, 0.29) is 5.82 Å². The Hall–Kier alpha value is -3.81. The fourth-order valence-corrected chi connectivity index (χ4v) is 2.99. The molecule has 0 spiro atoms. The van der Waals surface area contributed by atoms with Crippen molar-refractivity contribution in [1.82, 2.24) is 15.6 Å². The number of halogens is 1. The molecular formula is C24H27FN4O3. The minimum atomic E-state index is -0.353. The summed E-state index contributed by atoms with van der Waals surface area (Å²) in [7, 11) is 4.97. The monoisotopic (exact) mass is 438 g/mol. The highest BCUT2D eigenvalue weighted by Gasteiger charge is 2.06. The maximum absolute atomic E-state index is 13.3. The Balaban J connectivity index is 1.46. The SMILES string of the molecule is CN=C(NCCc1ccc(OC)c(OC)c1)NCc1ccc(Oc2cccc(F)c2)nc1. The molecule has 0 saturated heterocycles. The number of methoxy groups -OCH3 is 2. The van der Waals surface area contributed by atoms with Crippen LogP contribution in [0, 0.1) is 5.82 Å². The number of benzene rings is 2. The Kier molecular flexibility index (Phi) is 8.25. The summed E-state index contributed by atoms with van der Waals surface area (Å²) < 4.78 is 29.4. The van der Waals surface area contributed by atoms with Crippen molar-refractivity contribution in [1.29, 1.82) is 0 Å². The van der Waals surface area contributed by atoms with Gasteiger partial charge < -0.3 is 24.8 Å². The number of guanidine groups is 1. The van der Waals surface area contributed by atoms with Crippen LogP contribution >= 0.6 is 0 Å². The molecule has 0 fully saturated rings. The van der Waals surface area contributed by atoms with Gasteiger partial charge in [-0.2, -0.15) is 0 Å². The average Bonchev–Trinajstić information content (AvgIpc) is 2.82. The van der Waals surface area contributed by atoms with E-state index in [1.165, 1.54) is 12.1 Å². The van der Waals surface area contributed by atoms with Crippen molar-refractivity contribution in [3.8, 4) is 23.1 Å². The van der Waals surface area contributed by atoms with Crippen LogP contribution in [-0.2, 0) is 13.0 Å². The minimum absolute atomic E-state index is 0.353. The molecule has 8 heteroatoms. The van der Waals surface area contributed by atoms with Crippen molar-refractivity contribution in [2.75, 3.05) is 27.8 Å². The van der Waals surface area contributed by atoms with E-state index in [0.29, 0.717) is 42.2 Å². The van der Waals surface area contributed by atoms with Crippen LogP contribution in [-0.4, -0.2) is 38.8 Å². The lowest BCUT2D eigenvalue weighted by atomic mass is 10.1. The predicted octanol–water partition coefficient (Wildman–Crippen LogP) is 3.94. The smallest absolute Gasteiger partial charge is 0.219 e. The van der Waals surface area contributed by atoms with Gasteiger partial charge in [0, 0.05) is 38.5 Å². The van der Waals surface area contributed by atoms with Crippen LogP contribution in [0.25, 0.3) is 0 Å². The normalized spacial score (nSPS) is 11.1. The molecule has 7 nitrogen and oxygen atoms in total. The van der Waals surface area contributed by atoms with E-state index in [2.05, 4.69) is 20.6 Å². The van der Waals surface area contributed by atoms with Crippen LogP contribution in [0.2, 0.25) is 0 Å². The van der Waals surface area contributed by atoms with Crippen LogP contribution in [0.5, 0.6) is 23.1 Å². The number of rotatable bonds is 9. The maximum Gasteiger partial charge on any atom is 0.219 e. The zero-order valence-electron chi connectivity index (χ0n) is 18.4. The van der Waals surface area contributed by atoms with E-state index in [9.17, 15) is 4.39 Å². The van der Waals surface area contributed by atoms with Gasteiger partial charge in [0.15, 0.2) is 17.5 Å². The van der Waals surface area contributed by atoms with Crippen molar-refractivity contribution in [3.05, 3.63) is 77.7 Å². The second-order valence-corrected chi connectivity index (χ2v) is 6.86. The molecule has 0 unspecified atom stereocenters. The quantitative estimate of drug-likeness (QED) is 0.389. The average molecular weight is 439 g/mol. The van der Waals surface area contributed by atoms with E-state index in [1.807, 2.05) is 24.3 Å². The minimum Gasteiger partial charge on any atom is -0.493 e. The van der Waals surface area contributed by atoms with Gasteiger partial charge in [-0.1, -0.05) is 18.2 Å². The Labute approximate surface area is 187 Å². The first-order chi connectivity index (χ1) is 15.6. The molecule has 0 saturated carbocycles. The van der Waals surface area contributed by atoms with E-state index >= 15 is 0 Å². The summed E-state index contributed by atoms with van der Waals surface area (Å²) in [5.41, 5.74) is 2.09. The molecule has 32 heavy (non-hydrogen) atoms. The number of ether oxygens (including phenoxy) is 3. The topological polar surface area (TPSA) is 77.0 Å². The first-order valence-corrected chi connectivity index (χ1v) is 10.1. The molecule has 0 aliphatic rings. The van der Waals surface area contributed by atoms with Gasteiger partial charge in [-0.15, -0.1) is 0 Å². The molecule has 0 atom stereocenters. The number of pyridine rings is 1. The van der Waals surface area contributed by atoms with Crippen molar-refractivity contribution in [2.24, 2.45) is 4.99 Å². The van der Waals surface area contributed by atoms with Crippen molar-refractivity contribution in [2.45, 2.75) is 13.0 Å². The summed E-state index contributed by atoms with van der Waals surface area (Å²) in [5, 5.41) is 6.54. The van der Waals surface area contributed by atoms with E-state index < -0.39 is 0 Å². The summed E-state index contributed by atoms with van der Waals surface area (Å²) in [4.78, 5) is 8.52. The van der Waals surface area contributed by atoms with Gasteiger partial charge in [-0.3, -0.25) is 4.99 Å². The van der Waals surface area contributed by atoms with Crippen LogP contribution in [0.1, 0.15) is 11.1 Å². The third-order valence-corrected chi connectivity index (χ3v) is 4.65. The third-order valence-electron chi connectivity index (χ3n) is 4.65. The van der Waals surface area contributed by atoms with Crippen molar-refractivity contribution in [3.63, 3.8) is 0 Å². The van der Waals surface area contributed by atoms with Gasteiger partial charge in [-0.05, 0) is 41.8 Å². The molecule has 3 aromatic rings. The summed E-state index contributed by atoms with van der Waals surface area (Å²) in [5.74, 6) is 2.56. The fraction of sp³-hybridized carbons (Fsp3) is 0.250. The Morgan fingerprint density at radius 1 is 0.969 bits per heavy atom. The number of hydrogen-bond donors (Lipinski definition) is 2. The number of nitrogens with zero attached hydrogens (tertiary/aromatic N) is 2. The number of nitrogens with one attached hydrogen (secondary N) is 2. The summed E-state index contributed by atoms with van der Waals surface area (Å²) >= 11 is 0. The largest absolute Gasteiger partial charge is 0.493 e. The Morgan fingerprint density at radius 2 is 1.78 bits per heavy atom. The molecule has 1 heterocycles. The van der Waals surface area contributed by atoms with Crippen molar-refractivity contribution < 1.29 is 18.6 Å². The van der Waals surface area contributed by atoms with Gasteiger partial charge in [0.1, 0.15) is 11.6 Å². The lowest BCUT2D eigenvalue weighted by Crippen LogP contribution is -2.37. The zero-order valence-corrected chi connectivity index (χ0v) is 18.4. The first-order valence-electron chi connectivity index (χ1n) is 10.1. The molecular weight excluding hydrogens is 411 g/mol. The zero-order chi connectivity index (χ0) is 22.8. The summed E-state index contributed by atoms with van der Waals surface area (Å²) in [6.07, 6.45) is 2.51. The van der Waals surface area contributed by atoms with Crippen LogP contribution in [0.3, 0.4) is 0 Å². The van der Waals surface area contributed by atoms with Gasteiger partial charge in [-0.25, -0.2) is 9.37 Å². The van der Waals surface area contributed by atoms with Gasteiger partial charge in [0.25, 0.3) is 0 Å². The molecule has 2 aromatic carbocycles. The van der Waals surface area contributed by atoms with E-state index in [1.54, 1.807) is 45.7 Å². The van der Waals surface area contributed by atoms with Gasteiger partial charge in [0.2, 0.25) is 5.88 Å². The van der Waals surface area contributed by atoms with Crippen molar-refractivity contribution >= 4 is 5.96 Å². The Morgan fingerprint density at radius 3 is 2.47 bits per heavy atom. The van der Waals surface area contributed by atoms with E-state index in [0.717, 1.165) is 17.5 Å². The molecule has 0 aliphatic heterocycles. The molecule has 0 radical (unpaired) electrons. The standard InChI is InChI=1S/C24H27FN4O3/c1-26-24(27-12-11-17-7-9-21(30-2)22(13-17)31-3)29-16-18-8-10-23(28-15-18)32-20-6-4-5-19(25)14-20/h4-10,13-15H,11-12,16H2,1-3H3,(H2,26,27,29). The molecule has 2 N–H and O–H groups in total. The summed E-state index contributed by atoms with van der Waals surface area (Å²) in [6, 6.07) is 15.5. The molecule has 168 valence electrons. The second kappa shape index (κ2) is 11.5. The van der Waals surface area contributed by atoms with Crippen LogP contribution < -0.4 is 24.8 Å². The number of hydrogen-bond acceptors (Lipinski definition) is 5. The summed E-state index contributed by atoms with van der Waals surface area (Å²) in [6.45, 7) is 1.25. The van der Waals surface area contributed by atoms with Gasteiger partial charge >= 0.3 is 0 Å². The van der Waals surface area contributed by atoms with Crippen LogP contribution in [0.15, 0.2) is 65.8 Å². The highest BCUT2D eigenvalue weighted by molar-refractivity contribution is 5.79. The number of aliphatic imine (C=N–C) groups is 1. The van der Waals surface area contributed by atoms with Gasteiger partial charge in [0.05, 0.1) is 14.2 Å². The number of aromatic nitrogens is 1. The van der Waals surface area contributed by atoms with E-state index in [4.69, 9.17) is 14.2 Å². The molecule has 1 aromatic heterocycles. The molecule has 0 amide bonds. The predicted molar refractivity (Wildman–Crippen MR) is 122 cm³/mol. The lowest BCUT2D eigenvalue weighted by Gasteiger charge is -2.13. The second-order valence-electron chi connectivity index (χ2n) is 6.86. The maximum atomic E-state index is 13.3. The highest BCUT2D eigenvalue weighted by atomic mass is 19.1. The lowest BCUT2D eigenvalue weighted by molar-refractivity contribution is 0.354. The Bertz CT molecular complexity index is 1040. The highest BCUT2D eigenvalue weighted by Crippen LogP contribution is 2.27. The third kappa shape index (κ3) is 6.60. The first kappa shape index (κ1) is 22.9.